The van der Waals surface area contributed by atoms with Gasteiger partial charge in [0.15, 0.2) is 5.69 Å². The van der Waals surface area contributed by atoms with Gasteiger partial charge in [-0.15, -0.1) is 0 Å². The predicted molar refractivity (Wildman–Crippen MR) is 110 cm³/mol. The summed E-state index contributed by atoms with van der Waals surface area (Å²) in [7, 11) is 1.30. The number of nitrogens with zero attached hydrogens (tertiary/aromatic N) is 2. The smallest absolute Gasteiger partial charge is 0.407 e. The minimum Gasteiger partial charge on any atom is -0.506 e. The molecule has 1 amide bonds. The number of rotatable bonds is 3. The van der Waals surface area contributed by atoms with Gasteiger partial charge in [-0.05, 0) is 40.5 Å². The van der Waals surface area contributed by atoms with Crippen LogP contribution in [0.3, 0.4) is 0 Å². The minimum absolute atomic E-state index is 0.0137. The summed E-state index contributed by atoms with van der Waals surface area (Å²) in [6.45, 7) is 9.24. The molecule has 166 valence electrons. The lowest BCUT2D eigenvalue weighted by Gasteiger charge is -2.43. The first-order valence-electron chi connectivity index (χ1n) is 10.2. The molecule has 2 N–H and O–H groups in total. The summed E-state index contributed by atoms with van der Waals surface area (Å²) < 4.78 is 16.2. The molecule has 1 spiro atoms. The molecule has 0 saturated carbocycles. The fourth-order valence-corrected chi connectivity index (χ4v) is 4.27. The van der Waals surface area contributed by atoms with Crippen LogP contribution in [0.4, 0.5) is 10.5 Å². The molecule has 0 unspecified atom stereocenters. The Morgan fingerprint density at radius 3 is 2.60 bits per heavy atom. The molecule has 9 nitrogen and oxygen atoms in total. The summed E-state index contributed by atoms with van der Waals surface area (Å²) in [4.78, 5) is 30.5. The summed E-state index contributed by atoms with van der Waals surface area (Å²) in [6, 6.07) is 1.36. The summed E-state index contributed by atoms with van der Waals surface area (Å²) in [5.41, 5.74) is -0.0793. The van der Waals surface area contributed by atoms with Crippen molar-refractivity contribution in [2.45, 2.75) is 58.3 Å². The lowest BCUT2D eigenvalue weighted by atomic mass is 9.73. The maximum atomic E-state index is 12.4. The molecule has 3 rings (SSSR count). The second kappa shape index (κ2) is 8.29. The van der Waals surface area contributed by atoms with Crippen molar-refractivity contribution >= 4 is 17.7 Å². The van der Waals surface area contributed by atoms with Crippen LogP contribution in [0, 0.1) is 5.41 Å². The Balaban J connectivity index is 1.74. The van der Waals surface area contributed by atoms with Crippen LogP contribution in [-0.4, -0.2) is 66.7 Å². The SMILES string of the molecule is COC(=O)c1ncc(O)cc1N1CCC2(CC1)CO[C@@H](C)[C@H]2NC(=O)OC(C)(C)C. The van der Waals surface area contributed by atoms with E-state index in [1.165, 1.54) is 19.4 Å². The van der Waals surface area contributed by atoms with Crippen LogP contribution in [-0.2, 0) is 14.2 Å². The van der Waals surface area contributed by atoms with Crippen molar-refractivity contribution in [3.63, 3.8) is 0 Å². The Morgan fingerprint density at radius 2 is 2.00 bits per heavy atom. The third-order valence-corrected chi connectivity index (χ3v) is 5.77. The maximum absolute atomic E-state index is 12.4. The molecule has 0 aliphatic carbocycles. The quantitative estimate of drug-likeness (QED) is 0.716. The molecule has 0 bridgehead atoms. The van der Waals surface area contributed by atoms with Gasteiger partial charge < -0.3 is 29.5 Å². The van der Waals surface area contributed by atoms with E-state index < -0.39 is 17.7 Å². The van der Waals surface area contributed by atoms with Gasteiger partial charge in [-0.1, -0.05) is 0 Å². The number of hydrogen-bond acceptors (Lipinski definition) is 8. The third kappa shape index (κ3) is 4.61. The van der Waals surface area contributed by atoms with E-state index in [4.69, 9.17) is 14.2 Å². The number of methoxy groups -OCH3 is 1. The van der Waals surface area contributed by atoms with Gasteiger partial charge in [-0.3, -0.25) is 0 Å². The Labute approximate surface area is 176 Å². The first-order chi connectivity index (χ1) is 14.0. The number of aromatic hydroxyl groups is 1. The molecule has 2 fully saturated rings. The Morgan fingerprint density at radius 1 is 1.33 bits per heavy atom. The highest BCUT2D eigenvalue weighted by atomic mass is 16.6. The number of alkyl carbamates (subject to hydrolysis) is 1. The highest BCUT2D eigenvalue weighted by molar-refractivity contribution is 5.93. The van der Waals surface area contributed by atoms with Gasteiger partial charge >= 0.3 is 12.1 Å². The zero-order valence-electron chi connectivity index (χ0n) is 18.2. The van der Waals surface area contributed by atoms with Gasteiger partial charge in [0.25, 0.3) is 0 Å². The number of amides is 1. The molecule has 30 heavy (non-hydrogen) atoms. The lowest BCUT2D eigenvalue weighted by molar-refractivity contribution is 0.0433. The van der Waals surface area contributed by atoms with Crippen molar-refractivity contribution in [1.82, 2.24) is 10.3 Å². The van der Waals surface area contributed by atoms with E-state index in [9.17, 15) is 14.7 Å². The molecule has 2 atom stereocenters. The number of carbonyl (C=O) groups excluding carboxylic acids is 2. The lowest BCUT2D eigenvalue weighted by Crippen LogP contribution is -2.55. The van der Waals surface area contributed by atoms with E-state index in [-0.39, 0.29) is 29.0 Å². The first-order valence-corrected chi connectivity index (χ1v) is 10.2. The van der Waals surface area contributed by atoms with E-state index in [0.717, 1.165) is 12.8 Å². The van der Waals surface area contributed by atoms with Crippen LogP contribution in [0.25, 0.3) is 0 Å². The summed E-state index contributed by atoms with van der Waals surface area (Å²) in [5.74, 6) is -0.562. The van der Waals surface area contributed by atoms with Crippen LogP contribution in [0.1, 0.15) is 51.0 Å². The van der Waals surface area contributed by atoms with Gasteiger partial charge in [-0.25, -0.2) is 14.6 Å². The molecular weight excluding hydrogens is 390 g/mol. The number of ether oxygens (including phenoxy) is 3. The molecule has 2 saturated heterocycles. The molecule has 1 aromatic heterocycles. The van der Waals surface area contributed by atoms with Crippen LogP contribution in [0.2, 0.25) is 0 Å². The zero-order chi connectivity index (χ0) is 22.1. The number of carbonyl (C=O) groups is 2. The van der Waals surface area contributed by atoms with E-state index >= 15 is 0 Å². The first kappa shape index (κ1) is 22.1. The maximum Gasteiger partial charge on any atom is 0.407 e. The molecular formula is C21H31N3O6. The van der Waals surface area contributed by atoms with E-state index in [0.29, 0.717) is 25.4 Å². The van der Waals surface area contributed by atoms with Gasteiger partial charge in [-0.2, -0.15) is 0 Å². The highest BCUT2D eigenvalue weighted by Gasteiger charge is 2.50. The number of hydrogen-bond donors (Lipinski definition) is 2. The van der Waals surface area contributed by atoms with Gasteiger partial charge in [0, 0.05) is 24.6 Å². The number of pyridine rings is 1. The van der Waals surface area contributed by atoms with E-state index in [2.05, 4.69) is 10.3 Å². The van der Waals surface area contributed by atoms with Crippen molar-refractivity contribution in [2.24, 2.45) is 5.41 Å². The Bertz CT molecular complexity index is 798. The van der Waals surface area contributed by atoms with Crippen molar-refractivity contribution in [3.05, 3.63) is 18.0 Å². The zero-order valence-corrected chi connectivity index (χ0v) is 18.2. The average Bonchev–Trinajstić information content (AvgIpc) is 2.96. The normalized spacial score (nSPS) is 23.3. The molecule has 2 aliphatic heterocycles. The van der Waals surface area contributed by atoms with Crippen LogP contribution < -0.4 is 10.2 Å². The van der Waals surface area contributed by atoms with Crippen molar-refractivity contribution in [3.8, 4) is 5.75 Å². The Kier molecular flexibility index (Phi) is 6.12. The standard InChI is InChI=1S/C21H31N3O6/c1-13-17(23-19(27)30-20(2,3)4)21(12-29-13)6-8-24(9-7-21)15-10-14(25)11-22-16(15)18(26)28-5/h10-11,13,17,25H,6-9,12H2,1-5H3,(H,23,27)/t13-,17+/m0/s1. The summed E-state index contributed by atoms with van der Waals surface area (Å²) >= 11 is 0. The van der Waals surface area contributed by atoms with Gasteiger partial charge in [0.2, 0.25) is 0 Å². The van der Waals surface area contributed by atoms with Crippen molar-refractivity contribution in [2.75, 3.05) is 31.7 Å². The molecule has 1 aromatic rings. The summed E-state index contributed by atoms with van der Waals surface area (Å²) in [5, 5.41) is 12.9. The average molecular weight is 421 g/mol. The van der Waals surface area contributed by atoms with Crippen molar-refractivity contribution < 1.29 is 28.9 Å². The highest BCUT2D eigenvalue weighted by Crippen LogP contribution is 2.43. The van der Waals surface area contributed by atoms with Gasteiger partial charge in [0.1, 0.15) is 11.4 Å². The molecule has 2 aliphatic rings. The topological polar surface area (TPSA) is 110 Å². The minimum atomic E-state index is -0.574. The summed E-state index contributed by atoms with van der Waals surface area (Å²) in [6.07, 6.45) is 2.14. The second-order valence-electron chi connectivity index (χ2n) is 9.04. The van der Waals surface area contributed by atoms with E-state index in [1.807, 2.05) is 32.6 Å². The predicted octanol–water partition coefficient (Wildman–Crippen LogP) is 2.47. The largest absolute Gasteiger partial charge is 0.506 e. The van der Waals surface area contributed by atoms with Crippen LogP contribution >= 0.6 is 0 Å². The van der Waals surface area contributed by atoms with E-state index in [1.54, 1.807) is 0 Å². The van der Waals surface area contributed by atoms with Crippen molar-refractivity contribution in [1.29, 1.82) is 0 Å². The second-order valence-corrected chi connectivity index (χ2v) is 9.04. The molecule has 0 aromatic carbocycles. The molecule has 0 radical (unpaired) electrons. The number of aromatic nitrogens is 1. The monoisotopic (exact) mass is 421 g/mol. The van der Waals surface area contributed by atoms with Gasteiger partial charge in [0.05, 0.1) is 37.7 Å². The fraction of sp³-hybridized carbons (Fsp3) is 0.667. The Hall–Kier alpha value is -2.55. The number of piperidine rings is 1. The number of anilines is 1. The number of nitrogens with one attached hydrogen (secondary N) is 1. The fourth-order valence-electron chi connectivity index (χ4n) is 4.27. The molecule has 9 heteroatoms. The number of esters is 1. The molecule has 3 heterocycles. The van der Waals surface area contributed by atoms with Crippen LogP contribution in [0.5, 0.6) is 5.75 Å². The third-order valence-electron chi connectivity index (χ3n) is 5.77. The van der Waals surface area contributed by atoms with Crippen LogP contribution in [0.15, 0.2) is 12.3 Å².